The molecule has 0 bridgehead atoms. The third-order valence-corrected chi connectivity index (χ3v) is 2.44. The fraction of sp³-hybridized carbons (Fsp3) is 0.0909. The van der Waals surface area contributed by atoms with Crippen molar-refractivity contribution in [3.8, 4) is 0 Å². The third-order valence-electron chi connectivity index (χ3n) is 2.14. The Morgan fingerprint density at radius 3 is 2.88 bits per heavy atom. The van der Waals surface area contributed by atoms with Crippen LogP contribution >= 0.6 is 11.6 Å². The quantitative estimate of drug-likeness (QED) is 0.652. The molecule has 0 aliphatic rings. The molecule has 0 atom stereocenters. The van der Waals surface area contributed by atoms with E-state index < -0.39 is 0 Å². The summed E-state index contributed by atoms with van der Waals surface area (Å²) >= 11 is 5.74. The summed E-state index contributed by atoms with van der Waals surface area (Å²) in [4.78, 5) is 7.80. The zero-order valence-electron chi connectivity index (χ0n) is 9.04. The Kier molecular flexibility index (Phi) is 3.29. The third kappa shape index (κ3) is 2.74. The predicted molar refractivity (Wildman–Crippen MR) is 66.8 cm³/mol. The van der Waals surface area contributed by atoms with Crippen LogP contribution in [0.2, 0.25) is 5.15 Å². The van der Waals surface area contributed by atoms with Crippen LogP contribution < -0.4 is 10.8 Å². The summed E-state index contributed by atoms with van der Waals surface area (Å²) in [5.41, 5.74) is 1.50. The van der Waals surface area contributed by atoms with Crippen LogP contribution in [0.1, 0.15) is 5.56 Å². The Morgan fingerprint density at radius 1 is 1.41 bits per heavy atom. The predicted octanol–water partition coefficient (Wildman–Crippen LogP) is 2.11. The van der Waals surface area contributed by atoms with Crippen LogP contribution in [-0.2, 0) is 0 Å². The van der Waals surface area contributed by atoms with Crippen molar-refractivity contribution in [2.24, 2.45) is 0 Å². The number of nitrogens with zero attached hydrogens (tertiary/aromatic N) is 2. The number of rotatable bonds is 2. The monoisotopic (exact) mass is 247 g/mol. The van der Waals surface area contributed by atoms with E-state index >= 15 is 0 Å². The molecule has 0 saturated heterocycles. The number of aryl methyl sites for hydroxylation is 1. The van der Waals surface area contributed by atoms with E-state index in [1.54, 1.807) is 12.1 Å². The maximum atomic E-state index is 13.5. The van der Waals surface area contributed by atoms with Crippen molar-refractivity contribution < 1.29 is 4.39 Å². The number of nitrogens with one attached hydrogen (secondary N) is 1. The van der Waals surface area contributed by atoms with Crippen LogP contribution in [0.15, 0.2) is 24.4 Å². The molecule has 1 aromatic carbocycles. The fourth-order valence-electron chi connectivity index (χ4n) is 1.29. The van der Waals surface area contributed by atoms with Crippen molar-refractivity contribution >= 4 is 36.5 Å². The van der Waals surface area contributed by atoms with Crippen molar-refractivity contribution in [1.82, 2.24) is 9.97 Å². The van der Waals surface area contributed by atoms with E-state index in [9.17, 15) is 4.39 Å². The van der Waals surface area contributed by atoms with Gasteiger partial charge in [0.15, 0.2) is 0 Å². The molecule has 1 heterocycles. The number of aromatic nitrogens is 2. The molecule has 3 nitrogen and oxygen atoms in total. The smallest absolute Gasteiger partial charge is 0.228 e. The lowest BCUT2D eigenvalue weighted by atomic mass is 10.0. The average Bonchev–Trinajstić information content (AvgIpc) is 2.29. The summed E-state index contributed by atoms with van der Waals surface area (Å²) in [6.07, 6.45) is 1.37. The maximum absolute atomic E-state index is 13.5. The Balaban J connectivity index is 2.31. The molecule has 17 heavy (non-hydrogen) atoms. The first-order chi connectivity index (χ1) is 8.06. The molecule has 0 amide bonds. The van der Waals surface area contributed by atoms with Gasteiger partial charge in [-0.2, -0.15) is 0 Å². The van der Waals surface area contributed by atoms with Gasteiger partial charge in [-0.3, -0.25) is 0 Å². The Morgan fingerprint density at radius 2 is 2.18 bits per heavy atom. The van der Waals surface area contributed by atoms with E-state index in [1.807, 2.05) is 6.92 Å². The van der Waals surface area contributed by atoms with Gasteiger partial charge in [-0.25, -0.2) is 14.4 Å². The van der Waals surface area contributed by atoms with E-state index in [-0.39, 0.29) is 22.4 Å². The molecule has 0 fully saturated rings. The van der Waals surface area contributed by atoms with Gasteiger partial charge in [0.2, 0.25) is 5.95 Å². The first-order valence-electron chi connectivity index (χ1n) is 4.87. The molecule has 6 heteroatoms. The van der Waals surface area contributed by atoms with Crippen LogP contribution in [0, 0.1) is 12.7 Å². The normalized spacial score (nSPS) is 10.3. The Labute approximate surface area is 104 Å². The van der Waals surface area contributed by atoms with Gasteiger partial charge in [-0.15, -0.1) is 0 Å². The first kappa shape index (κ1) is 11.9. The zero-order valence-corrected chi connectivity index (χ0v) is 9.79. The van der Waals surface area contributed by atoms with Gasteiger partial charge in [0.05, 0.1) is 5.69 Å². The highest BCUT2D eigenvalue weighted by Gasteiger charge is 2.05. The lowest BCUT2D eigenvalue weighted by Gasteiger charge is -2.07. The van der Waals surface area contributed by atoms with Crippen LogP contribution in [0.4, 0.5) is 16.0 Å². The topological polar surface area (TPSA) is 37.8 Å². The lowest BCUT2D eigenvalue weighted by molar-refractivity contribution is 0.631. The molecule has 0 spiro atoms. The van der Waals surface area contributed by atoms with Crippen molar-refractivity contribution in [2.75, 3.05) is 5.32 Å². The van der Waals surface area contributed by atoms with Gasteiger partial charge in [-0.05, 0) is 30.1 Å². The highest BCUT2D eigenvalue weighted by Crippen LogP contribution is 2.19. The highest BCUT2D eigenvalue weighted by molar-refractivity contribution is 6.44. The van der Waals surface area contributed by atoms with Gasteiger partial charge >= 0.3 is 0 Å². The summed E-state index contributed by atoms with van der Waals surface area (Å²) < 4.78 is 13.5. The van der Waals surface area contributed by atoms with Crippen LogP contribution in [-0.4, -0.2) is 17.8 Å². The Hall–Kier alpha value is -1.62. The fourth-order valence-corrected chi connectivity index (χ4v) is 1.41. The largest absolute Gasteiger partial charge is 0.322 e. The second-order valence-corrected chi connectivity index (χ2v) is 3.91. The molecular weight excluding hydrogens is 239 g/mol. The van der Waals surface area contributed by atoms with Crippen molar-refractivity contribution in [1.29, 1.82) is 0 Å². The van der Waals surface area contributed by atoms with Crippen molar-refractivity contribution in [2.45, 2.75) is 6.92 Å². The molecule has 2 aromatic rings. The van der Waals surface area contributed by atoms with E-state index in [0.717, 1.165) is 5.56 Å². The van der Waals surface area contributed by atoms with E-state index in [0.29, 0.717) is 5.69 Å². The maximum Gasteiger partial charge on any atom is 0.228 e. The number of halogens is 2. The summed E-state index contributed by atoms with van der Waals surface area (Å²) in [5, 5.41) is 2.88. The molecule has 2 radical (unpaired) electrons. The van der Waals surface area contributed by atoms with E-state index in [2.05, 4.69) is 15.3 Å². The summed E-state index contributed by atoms with van der Waals surface area (Å²) in [6, 6.07) is 4.71. The van der Waals surface area contributed by atoms with Crippen molar-refractivity contribution in [3.05, 3.63) is 40.9 Å². The molecule has 0 aliphatic carbocycles. The van der Waals surface area contributed by atoms with Gasteiger partial charge < -0.3 is 5.32 Å². The molecule has 0 saturated carbocycles. The minimum Gasteiger partial charge on any atom is -0.322 e. The number of hydrogen-bond donors (Lipinski definition) is 1. The highest BCUT2D eigenvalue weighted by atomic mass is 35.5. The summed E-state index contributed by atoms with van der Waals surface area (Å²) in [7, 11) is 5.48. The van der Waals surface area contributed by atoms with Gasteiger partial charge in [0, 0.05) is 6.20 Å². The lowest BCUT2D eigenvalue weighted by Crippen LogP contribution is -2.10. The van der Waals surface area contributed by atoms with Gasteiger partial charge in [-0.1, -0.05) is 17.7 Å². The summed E-state index contributed by atoms with van der Waals surface area (Å²) in [6.45, 7) is 1.86. The number of anilines is 2. The minimum atomic E-state index is -0.382. The van der Waals surface area contributed by atoms with Gasteiger partial charge in [0.1, 0.15) is 18.8 Å². The van der Waals surface area contributed by atoms with Gasteiger partial charge in [0.25, 0.3) is 0 Å². The molecule has 1 N–H and O–H groups in total. The second kappa shape index (κ2) is 4.71. The van der Waals surface area contributed by atoms with E-state index in [4.69, 9.17) is 19.4 Å². The molecule has 2 rings (SSSR count). The molecule has 0 unspecified atom stereocenters. The first-order valence-corrected chi connectivity index (χ1v) is 5.25. The van der Waals surface area contributed by atoms with Crippen LogP contribution in [0.5, 0.6) is 0 Å². The van der Waals surface area contributed by atoms with Crippen LogP contribution in [0.3, 0.4) is 0 Å². The summed E-state index contributed by atoms with van der Waals surface area (Å²) in [5.74, 6) is -0.180. The standard InChI is InChI=1S/C11H8BClFN3/c1-6-2-3-8(14)9(4-6)16-11-15-5-7(12)10(13)17-11/h2-5H,1H3,(H,15,16,17). The number of benzene rings is 1. The SMILES string of the molecule is [B]c1cnc(Nc2cc(C)ccc2F)nc1Cl. The second-order valence-electron chi connectivity index (χ2n) is 3.55. The van der Waals surface area contributed by atoms with Crippen LogP contribution in [0.25, 0.3) is 0 Å². The average molecular weight is 247 g/mol. The van der Waals surface area contributed by atoms with Crippen molar-refractivity contribution in [3.63, 3.8) is 0 Å². The number of hydrogen-bond acceptors (Lipinski definition) is 3. The Bertz CT molecular complexity index is 562. The molecule has 1 aromatic heterocycles. The molecular formula is C11H8BClFN3. The molecule has 0 aliphatic heterocycles. The minimum absolute atomic E-state index is 0.135. The zero-order chi connectivity index (χ0) is 12.4. The molecule has 84 valence electrons. The van der Waals surface area contributed by atoms with E-state index in [1.165, 1.54) is 12.3 Å².